The number of anilines is 2. The standard InChI is InChI=1S/C16H11F3N2O4S/c1-20-9-5-8(17)6-10(7-9)21-11-3-4-12(26(2,23)24)13-14(11)25-16(18,19)15(13)22/h3-7,15,21-22H,2H3. The van der Waals surface area contributed by atoms with Crippen LogP contribution in [0.4, 0.5) is 30.2 Å². The predicted octanol–water partition coefficient (Wildman–Crippen LogP) is 3.54. The third kappa shape index (κ3) is 3.07. The Kier molecular flexibility index (Phi) is 4.09. The maximum absolute atomic E-state index is 13.8. The zero-order valence-corrected chi connectivity index (χ0v) is 13.9. The van der Waals surface area contributed by atoms with Crippen molar-refractivity contribution in [2.75, 3.05) is 11.6 Å². The van der Waals surface area contributed by atoms with E-state index in [0.717, 1.165) is 30.5 Å². The van der Waals surface area contributed by atoms with Crippen LogP contribution in [0, 0.1) is 12.4 Å². The molecule has 2 N–H and O–H groups in total. The number of alkyl halides is 2. The SMILES string of the molecule is [C-]#[N+]c1cc(F)cc(Nc2ccc(S(C)(=O)=O)c3c2OC(F)(F)C3O)c1. The van der Waals surface area contributed by atoms with E-state index in [0.29, 0.717) is 0 Å². The van der Waals surface area contributed by atoms with Gasteiger partial charge in [0.25, 0.3) is 0 Å². The summed E-state index contributed by atoms with van der Waals surface area (Å²) >= 11 is 0. The Morgan fingerprint density at radius 1 is 1.31 bits per heavy atom. The van der Waals surface area contributed by atoms with E-state index in [9.17, 15) is 26.7 Å². The molecule has 0 aromatic heterocycles. The number of nitrogens with zero attached hydrogens (tertiary/aromatic N) is 1. The lowest BCUT2D eigenvalue weighted by Gasteiger charge is -2.13. The summed E-state index contributed by atoms with van der Waals surface area (Å²) in [7, 11) is -3.92. The minimum absolute atomic E-state index is 0.0248. The molecule has 26 heavy (non-hydrogen) atoms. The number of hydrogen-bond donors (Lipinski definition) is 2. The number of benzene rings is 2. The highest BCUT2D eigenvalue weighted by molar-refractivity contribution is 7.90. The summed E-state index contributed by atoms with van der Waals surface area (Å²) in [6.45, 7) is 6.92. The van der Waals surface area contributed by atoms with E-state index in [-0.39, 0.29) is 17.1 Å². The van der Waals surface area contributed by atoms with Crippen LogP contribution in [0.2, 0.25) is 0 Å². The molecule has 0 saturated heterocycles. The number of hydrogen-bond acceptors (Lipinski definition) is 5. The van der Waals surface area contributed by atoms with Gasteiger partial charge in [-0.15, -0.1) is 0 Å². The van der Waals surface area contributed by atoms with Gasteiger partial charge in [0.1, 0.15) is 5.82 Å². The molecular formula is C16H11F3N2O4S. The van der Waals surface area contributed by atoms with Crippen LogP contribution in [0.15, 0.2) is 35.2 Å². The van der Waals surface area contributed by atoms with Gasteiger partial charge in [-0.2, -0.15) is 8.78 Å². The van der Waals surface area contributed by atoms with Crippen LogP contribution in [0.3, 0.4) is 0 Å². The highest BCUT2D eigenvalue weighted by Crippen LogP contribution is 2.51. The Morgan fingerprint density at radius 2 is 2.00 bits per heavy atom. The summed E-state index contributed by atoms with van der Waals surface area (Å²) < 4.78 is 69.3. The van der Waals surface area contributed by atoms with Gasteiger partial charge >= 0.3 is 6.11 Å². The number of halogens is 3. The van der Waals surface area contributed by atoms with Crippen LogP contribution in [0.1, 0.15) is 11.7 Å². The van der Waals surface area contributed by atoms with Crippen molar-refractivity contribution < 1.29 is 31.4 Å². The van der Waals surface area contributed by atoms with Crippen LogP contribution in [-0.2, 0) is 9.84 Å². The lowest BCUT2D eigenvalue weighted by Crippen LogP contribution is -2.26. The average Bonchev–Trinajstić information content (AvgIpc) is 2.77. The number of aliphatic hydroxyl groups excluding tert-OH is 1. The third-order valence-corrected chi connectivity index (χ3v) is 4.83. The first kappa shape index (κ1) is 18.0. The molecular weight excluding hydrogens is 373 g/mol. The molecule has 136 valence electrons. The molecule has 0 aliphatic carbocycles. The molecule has 0 spiro atoms. The average molecular weight is 384 g/mol. The second-order valence-electron chi connectivity index (χ2n) is 5.63. The number of fused-ring (bicyclic) bond motifs is 1. The number of nitrogens with one attached hydrogen (secondary N) is 1. The largest absolute Gasteiger partial charge is 0.429 e. The maximum Gasteiger partial charge on any atom is 0.429 e. The third-order valence-electron chi connectivity index (χ3n) is 3.68. The van der Waals surface area contributed by atoms with E-state index in [1.807, 2.05) is 0 Å². The Morgan fingerprint density at radius 3 is 2.62 bits per heavy atom. The van der Waals surface area contributed by atoms with Crippen molar-refractivity contribution in [2.45, 2.75) is 17.1 Å². The van der Waals surface area contributed by atoms with Crippen LogP contribution < -0.4 is 10.1 Å². The predicted molar refractivity (Wildman–Crippen MR) is 86.0 cm³/mol. The molecule has 2 aromatic rings. The van der Waals surface area contributed by atoms with Crippen molar-refractivity contribution >= 4 is 26.9 Å². The van der Waals surface area contributed by atoms with Crippen molar-refractivity contribution in [3.63, 3.8) is 0 Å². The molecule has 1 aliphatic rings. The molecule has 1 unspecified atom stereocenters. The minimum Gasteiger partial charge on any atom is -0.428 e. The summed E-state index contributed by atoms with van der Waals surface area (Å²) in [6, 6.07) is 5.49. The van der Waals surface area contributed by atoms with Gasteiger partial charge in [0.2, 0.25) is 0 Å². The van der Waals surface area contributed by atoms with Gasteiger partial charge < -0.3 is 15.2 Å². The Balaban J connectivity index is 2.15. The normalized spacial score (nSPS) is 17.9. The van der Waals surface area contributed by atoms with Crippen molar-refractivity contribution in [3.05, 3.63) is 53.1 Å². The van der Waals surface area contributed by atoms with Gasteiger partial charge in [-0.25, -0.2) is 17.7 Å². The van der Waals surface area contributed by atoms with Gasteiger partial charge in [-0.3, -0.25) is 0 Å². The van der Waals surface area contributed by atoms with Crippen LogP contribution >= 0.6 is 0 Å². The lowest BCUT2D eigenvalue weighted by molar-refractivity contribution is -0.224. The molecule has 2 aromatic carbocycles. The van der Waals surface area contributed by atoms with Gasteiger partial charge in [0.05, 0.1) is 22.7 Å². The van der Waals surface area contributed by atoms with Gasteiger partial charge in [-0.05, 0) is 30.3 Å². The van der Waals surface area contributed by atoms with Crippen molar-refractivity contribution in [1.82, 2.24) is 0 Å². The first-order valence-corrected chi connectivity index (χ1v) is 8.99. The Labute approximate surface area is 146 Å². The monoisotopic (exact) mass is 384 g/mol. The van der Waals surface area contributed by atoms with Crippen LogP contribution in [0.25, 0.3) is 4.85 Å². The summed E-state index contributed by atoms with van der Waals surface area (Å²) in [5.41, 5.74) is -0.642. The van der Waals surface area contributed by atoms with E-state index in [2.05, 4.69) is 14.9 Å². The van der Waals surface area contributed by atoms with E-state index < -0.39 is 44.1 Å². The van der Waals surface area contributed by atoms with E-state index >= 15 is 0 Å². The minimum atomic E-state index is -4.02. The Bertz CT molecular complexity index is 1050. The van der Waals surface area contributed by atoms with E-state index in [4.69, 9.17) is 6.57 Å². The topological polar surface area (TPSA) is 80.0 Å². The fourth-order valence-corrected chi connectivity index (χ4v) is 3.52. The summed E-state index contributed by atoms with van der Waals surface area (Å²) in [6.07, 6.45) is -5.69. The summed E-state index contributed by atoms with van der Waals surface area (Å²) in [5.74, 6) is -1.28. The van der Waals surface area contributed by atoms with Crippen molar-refractivity contribution in [3.8, 4) is 5.75 Å². The number of rotatable bonds is 3. The zero-order chi connectivity index (χ0) is 19.3. The Hall–Kier alpha value is -2.77. The fourth-order valence-electron chi connectivity index (χ4n) is 2.60. The van der Waals surface area contributed by atoms with Crippen LogP contribution in [0.5, 0.6) is 5.75 Å². The second kappa shape index (κ2) is 5.89. The fraction of sp³-hybridized carbons (Fsp3) is 0.188. The molecule has 1 atom stereocenters. The molecule has 10 heteroatoms. The summed E-state index contributed by atoms with van der Waals surface area (Å²) in [5, 5.41) is 12.4. The van der Waals surface area contributed by atoms with E-state index in [1.54, 1.807) is 0 Å². The smallest absolute Gasteiger partial charge is 0.428 e. The zero-order valence-electron chi connectivity index (χ0n) is 13.1. The molecule has 1 heterocycles. The van der Waals surface area contributed by atoms with E-state index in [1.165, 1.54) is 6.07 Å². The maximum atomic E-state index is 13.8. The van der Waals surface area contributed by atoms with Crippen molar-refractivity contribution in [2.24, 2.45) is 0 Å². The number of ether oxygens (including phenoxy) is 1. The molecule has 3 rings (SSSR count). The number of sulfone groups is 1. The van der Waals surface area contributed by atoms with Gasteiger partial charge in [0, 0.05) is 11.9 Å². The highest BCUT2D eigenvalue weighted by Gasteiger charge is 2.52. The first-order valence-electron chi connectivity index (χ1n) is 7.10. The van der Waals surface area contributed by atoms with Crippen LogP contribution in [-0.4, -0.2) is 25.9 Å². The van der Waals surface area contributed by atoms with Crippen molar-refractivity contribution in [1.29, 1.82) is 0 Å². The summed E-state index contributed by atoms with van der Waals surface area (Å²) in [4.78, 5) is 2.59. The molecule has 0 radical (unpaired) electrons. The molecule has 1 aliphatic heterocycles. The highest BCUT2D eigenvalue weighted by atomic mass is 32.2. The molecule has 0 bridgehead atoms. The van der Waals surface area contributed by atoms with Gasteiger partial charge in [0.15, 0.2) is 27.4 Å². The molecule has 6 nitrogen and oxygen atoms in total. The van der Waals surface area contributed by atoms with Gasteiger partial charge in [-0.1, -0.05) is 0 Å². The quantitative estimate of drug-likeness (QED) is 0.792. The lowest BCUT2D eigenvalue weighted by atomic mass is 10.1. The molecule has 0 amide bonds. The second-order valence-corrected chi connectivity index (χ2v) is 7.61. The first-order chi connectivity index (χ1) is 12.0. The molecule has 0 saturated carbocycles. The number of aliphatic hydroxyl groups is 1. The molecule has 0 fully saturated rings.